The standard InChI is InChI=1S/C15H16ClNO3S/c1-3-11-4-7-13(8-5-11)21(18,19)17-15-10-12(20-2)6-9-14(15)16/h4-10,17H,3H2,1-2H3. The third kappa shape index (κ3) is 3.68. The zero-order chi connectivity index (χ0) is 15.5. The lowest BCUT2D eigenvalue weighted by Crippen LogP contribution is -2.13. The molecule has 0 aromatic heterocycles. The van der Waals surface area contributed by atoms with E-state index in [1.54, 1.807) is 42.5 Å². The Labute approximate surface area is 129 Å². The van der Waals surface area contributed by atoms with E-state index in [0.717, 1.165) is 12.0 Å². The van der Waals surface area contributed by atoms with Crippen LogP contribution in [0.25, 0.3) is 0 Å². The lowest BCUT2D eigenvalue weighted by atomic mass is 10.2. The van der Waals surface area contributed by atoms with Crippen LogP contribution in [0.1, 0.15) is 12.5 Å². The third-order valence-electron chi connectivity index (χ3n) is 3.06. The summed E-state index contributed by atoms with van der Waals surface area (Å²) < 4.78 is 32.2. The number of rotatable bonds is 5. The van der Waals surface area contributed by atoms with Gasteiger partial charge in [-0.2, -0.15) is 0 Å². The summed E-state index contributed by atoms with van der Waals surface area (Å²) in [7, 11) is -2.17. The van der Waals surface area contributed by atoms with Gasteiger partial charge in [-0.15, -0.1) is 0 Å². The number of nitrogens with one attached hydrogen (secondary N) is 1. The number of ether oxygens (including phenoxy) is 1. The molecule has 4 nitrogen and oxygen atoms in total. The van der Waals surface area contributed by atoms with Crippen molar-refractivity contribution in [3.63, 3.8) is 0 Å². The molecule has 0 fully saturated rings. The van der Waals surface area contributed by atoms with E-state index >= 15 is 0 Å². The highest BCUT2D eigenvalue weighted by Gasteiger charge is 2.16. The van der Waals surface area contributed by atoms with Crippen molar-refractivity contribution in [1.82, 2.24) is 0 Å². The fourth-order valence-corrected chi connectivity index (χ4v) is 3.11. The summed E-state index contributed by atoms with van der Waals surface area (Å²) >= 11 is 6.01. The van der Waals surface area contributed by atoms with E-state index < -0.39 is 10.0 Å². The van der Waals surface area contributed by atoms with Crippen molar-refractivity contribution in [1.29, 1.82) is 0 Å². The van der Waals surface area contributed by atoms with Crippen LogP contribution in [0, 0.1) is 0 Å². The molecule has 6 heteroatoms. The Hall–Kier alpha value is -1.72. The van der Waals surface area contributed by atoms with E-state index in [0.29, 0.717) is 10.8 Å². The third-order valence-corrected chi connectivity index (χ3v) is 4.77. The minimum absolute atomic E-state index is 0.193. The van der Waals surface area contributed by atoms with E-state index in [-0.39, 0.29) is 10.6 Å². The molecule has 0 radical (unpaired) electrons. The van der Waals surface area contributed by atoms with Crippen LogP contribution >= 0.6 is 11.6 Å². The minimum atomic E-state index is -3.68. The number of hydrogen-bond acceptors (Lipinski definition) is 3. The van der Waals surface area contributed by atoms with Crippen molar-refractivity contribution >= 4 is 27.3 Å². The summed E-state index contributed by atoms with van der Waals surface area (Å²) in [5.41, 5.74) is 1.36. The Balaban J connectivity index is 2.32. The zero-order valence-corrected chi connectivity index (χ0v) is 13.3. The number of aryl methyl sites for hydroxylation is 1. The second-order valence-corrected chi connectivity index (χ2v) is 6.54. The first-order chi connectivity index (χ1) is 9.96. The molecule has 0 aliphatic carbocycles. The lowest BCUT2D eigenvalue weighted by molar-refractivity contribution is 0.415. The van der Waals surface area contributed by atoms with E-state index in [9.17, 15) is 8.42 Å². The predicted molar refractivity (Wildman–Crippen MR) is 84.6 cm³/mol. The lowest BCUT2D eigenvalue weighted by Gasteiger charge is -2.11. The van der Waals surface area contributed by atoms with Crippen LogP contribution in [-0.2, 0) is 16.4 Å². The highest BCUT2D eigenvalue weighted by Crippen LogP contribution is 2.28. The van der Waals surface area contributed by atoms with Gasteiger partial charge in [0.25, 0.3) is 10.0 Å². The second-order valence-electron chi connectivity index (χ2n) is 4.45. The topological polar surface area (TPSA) is 55.4 Å². The summed E-state index contributed by atoms with van der Waals surface area (Å²) in [5, 5.41) is 0.310. The Morgan fingerprint density at radius 1 is 1.14 bits per heavy atom. The van der Waals surface area contributed by atoms with Crippen LogP contribution in [0.2, 0.25) is 5.02 Å². The van der Waals surface area contributed by atoms with Crippen LogP contribution in [0.15, 0.2) is 47.4 Å². The van der Waals surface area contributed by atoms with Gasteiger partial charge in [-0.3, -0.25) is 4.72 Å². The molecule has 0 spiro atoms. The van der Waals surface area contributed by atoms with E-state index in [1.807, 2.05) is 6.92 Å². The van der Waals surface area contributed by atoms with Gasteiger partial charge in [0.2, 0.25) is 0 Å². The number of hydrogen-bond donors (Lipinski definition) is 1. The number of sulfonamides is 1. The Morgan fingerprint density at radius 2 is 1.81 bits per heavy atom. The number of halogens is 1. The minimum Gasteiger partial charge on any atom is -0.497 e. The Bertz CT molecular complexity index is 727. The van der Waals surface area contributed by atoms with Crippen LogP contribution in [-0.4, -0.2) is 15.5 Å². The molecule has 2 rings (SSSR count). The molecule has 112 valence electrons. The van der Waals surface area contributed by atoms with Crippen molar-refractivity contribution in [3.8, 4) is 5.75 Å². The molecule has 2 aromatic rings. The summed E-state index contributed by atoms with van der Waals surface area (Å²) in [6, 6.07) is 11.5. The van der Waals surface area contributed by atoms with Crippen LogP contribution < -0.4 is 9.46 Å². The molecular weight excluding hydrogens is 310 g/mol. The number of methoxy groups -OCH3 is 1. The molecule has 1 N–H and O–H groups in total. The molecule has 0 heterocycles. The smallest absolute Gasteiger partial charge is 0.261 e. The highest BCUT2D eigenvalue weighted by molar-refractivity contribution is 7.92. The first-order valence-corrected chi connectivity index (χ1v) is 8.27. The second kappa shape index (κ2) is 6.37. The monoisotopic (exact) mass is 325 g/mol. The normalized spacial score (nSPS) is 11.2. The summed E-state index contributed by atoms with van der Waals surface area (Å²) in [4.78, 5) is 0.193. The molecule has 21 heavy (non-hydrogen) atoms. The number of benzene rings is 2. The van der Waals surface area contributed by atoms with Crippen molar-refractivity contribution < 1.29 is 13.2 Å². The van der Waals surface area contributed by atoms with Crippen molar-refractivity contribution in [2.75, 3.05) is 11.8 Å². The highest BCUT2D eigenvalue weighted by atomic mass is 35.5. The quantitative estimate of drug-likeness (QED) is 0.911. The molecule has 0 unspecified atom stereocenters. The Kier molecular flexibility index (Phi) is 4.75. The summed E-state index contributed by atoms with van der Waals surface area (Å²) in [6.07, 6.45) is 0.857. The van der Waals surface area contributed by atoms with E-state index in [1.165, 1.54) is 7.11 Å². The van der Waals surface area contributed by atoms with Gasteiger partial charge < -0.3 is 4.74 Å². The van der Waals surface area contributed by atoms with Gasteiger partial charge in [-0.05, 0) is 36.2 Å². The molecule has 0 saturated carbocycles. The van der Waals surface area contributed by atoms with E-state index in [4.69, 9.17) is 16.3 Å². The number of anilines is 1. The summed E-state index contributed by atoms with van der Waals surface area (Å²) in [6.45, 7) is 2.01. The van der Waals surface area contributed by atoms with Gasteiger partial charge >= 0.3 is 0 Å². The molecule has 0 bridgehead atoms. The Morgan fingerprint density at radius 3 is 2.38 bits per heavy atom. The maximum absolute atomic E-state index is 12.3. The molecule has 0 aliphatic rings. The van der Waals surface area contributed by atoms with Crippen molar-refractivity contribution in [2.45, 2.75) is 18.2 Å². The maximum atomic E-state index is 12.3. The largest absolute Gasteiger partial charge is 0.497 e. The molecule has 0 aliphatic heterocycles. The van der Waals surface area contributed by atoms with Gasteiger partial charge in [0.15, 0.2) is 0 Å². The molecule has 0 amide bonds. The van der Waals surface area contributed by atoms with Crippen molar-refractivity contribution in [3.05, 3.63) is 53.1 Å². The fourth-order valence-electron chi connectivity index (χ4n) is 1.82. The predicted octanol–water partition coefficient (Wildman–Crippen LogP) is 3.71. The molecule has 0 atom stereocenters. The average molecular weight is 326 g/mol. The maximum Gasteiger partial charge on any atom is 0.261 e. The van der Waals surface area contributed by atoms with Crippen LogP contribution in [0.5, 0.6) is 5.75 Å². The average Bonchev–Trinajstić information content (AvgIpc) is 2.49. The first kappa shape index (κ1) is 15.7. The molecular formula is C15H16ClNO3S. The van der Waals surface area contributed by atoms with Crippen molar-refractivity contribution in [2.24, 2.45) is 0 Å². The van der Waals surface area contributed by atoms with Gasteiger partial charge in [0.05, 0.1) is 22.7 Å². The zero-order valence-electron chi connectivity index (χ0n) is 11.8. The first-order valence-electron chi connectivity index (χ1n) is 6.41. The molecule has 2 aromatic carbocycles. The SMILES string of the molecule is CCc1ccc(S(=O)(=O)Nc2cc(OC)ccc2Cl)cc1. The van der Waals surface area contributed by atoms with Gasteiger partial charge in [-0.1, -0.05) is 30.7 Å². The van der Waals surface area contributed by atoms with Crippen LogP contribution in [0.4, 0.5) is 5.69 Å². The van der Waals surface area contributed by atoms with Gasteiger partial charge in [0, 0.05) is 6.07 Å². The van der Waals surface area contributed by atoms with Gasteiger partial charge in [-0.25, -0.2) is 8.42 Å². The van der Waals surface area contributed by atoms with E-state index in [2.05, 4.69) is 4.72 Å². The fraction of sp³-hybridized carbons (Fsp3) is 0.200. The molecule has 0 saturated heterocycles. The van der Waals surface area contributed by atoms with Gasteiger partial charge in [0.1, 0.15) is 5.75 Å². The van der Waals surface area contributed by atoms with Crippen LogP contribution in [0.3, 0.4) is 0 Å². The summed E-state index contributed by atoms with van der Waals surface area (Å²) in [5.74, 6) is 0.526.